The minimum atomic E-state index is -0.668. The number of nitrogens with zero attached hydrogens (tertiary/aromatic N) is 1. The largest absolute Gasteiger partial charge is 0.464 e. The molecule has 0 bridgehead atoms. The summed E-state index contributed by atoms with van der Waals surface area (Å²) in [5.74, 6) is -0.760. The molecule has 0 spiro atoms. The Labute approximate surface area is 107 Å². The summed E-state index contributed by atoms with van der Waals surface area (Å²) in [4.78, 5) is 27.5. The van der Waals surface area contributed by atoms with Crippen LogP contribution in [0.25, 0.3) is 0 Å². The molecule has 0 saturated heterocycles. The van der Waals surface area contributed by atoms with Gasteiger partial charge in [0.05, 0.1) is 17.9 Å². The summed E-state index contributed by atoms with van der Waals surface area (Å²) in [6, 6.07) is 2.79. The third-order valence-electron chi connectivity index (χ3n) is 2.46. The molecule has 0 saturated carbocycles. The van der Waals surface area contributed by atoms with E-state index in [4.69, 9.17) is 4.74 Å². The van der Waals surface area contributed by atoms with Crippen LogP contribution < -0.4 is 5.32 Å². The number of carbonyl (C=O) groups excluding carboxylic acids is 2. The zero-order valence-electron chi connectivity index (χ0n) is 11.1. The van der Waals surface area contributed by atoms with E-state index in [-0.39, 0.29) is 5.91 Å². The minimum Gasteiger partial charge on any atom is -0.464 e. The number of rotatable bonds is 4. The molecule has 98 valence electrons. The Morgan fingerprint density at radius 2 is 2.06 bits per heavy atom. The van der Waals surface area contributed by atoms with E-state index in [1.54, 1.807) is 32.9 Å². The molecule has 1 unspecified atom stereocenters. The van der Waals surface area contributed by atoms with Gasteiger partial charge < -0.3 is 10.1 Å². The summed E-state index contributed by atoms with van der Waals surface area (Å²) in [5.41, 5.74) is 1.96. The second-order valence-electron chi connectivity index (χ2n) is 4.03. The van der Waals surface area contributed by atoms with Gasteiger partial charge in [-0.1, -0.05) is 0 Å². The lowest BCUT2D eigenvalue weighted by Gasteiger charge is -2.13. The van der Waals surface area contributed by atoms with Crippen molar-refractivity contribution >= 4 is 11.9 Å². The molecule has 5 heteroatoms. The van der Waals surface area contributed by atoms with Crippen molar-refractivity contribution in [1.82, 2.24) is 10.3 Å². The Morgan fingerprint density at radius 3 is 2.61 bits per heavy atom. The van der Waals surface area contributed by atoms with E-state index in [9.17, 15) is 9.59 Å². The summed E-state index contributed by atoms with van der Waals surface area (Å²) >= 11 is 0. The van der Waals surface area contributed by atoms with Gasteiger partial charge in [-0.25, -0.2) is 4.79 Å². The van der Waals surface area contributed by atoms with Crippen molar-refractivity contribution < 1.29 is 14.3 Å². The Balaban J connectivity index is 2.73. The second kappa shape index (κ2) is 6.14. The molecule has 18 heavy (non-hydrogen) atoms. The lowest BCUT2D eigenvalue weighted by atomic mass is 10.1. The number of amides is 1. The molecule has 1 amide bonds. The standard InChI is InChI=1S/C13H18N2O3/c1-5-18-13(17)10(4)15-12(16)11-7-6-8(2)14-9(11)3/h6-7,10H,5H2,1-4H3,(H,15,16). The highest BCUT2D eigenvalue weighted by atomic mass is 16.5. The zero-order chi connectivity index (χ0) is 13.7. The van der Waals surface area contributed by atoms with Gasteiger partial charge in [-0.15, -0.1) is 0 Å². The molecule has 0 aliphatic rings. The fourth-order valence-corrected chi connectivity index (χ4v) is 1.53. The molecule has 1 N–H and O–H groups in total. The van der Waals surface area contributed by atoms with Crippen LogP contribution >= 0.6 is 0 Å². The third kappa shape index (κ3) is 3.55. The first kappa shape index (κ1) is 14.2. The van der Waals surface area contributed by atoms with Crippen LogP contribution in [-0.4, -0.2) is 29.5 Å². The second-order valence-corrected chi connectivity index (χ2v) is 4.03. The normalized spacial score (nSPS) is 11.8. The summed E-state index contributed by atoms with van der Waals surface area (Å²) < 4.78 is 4.82. The summed E-state index contributed by atoms with van der Waals surface area (Å²) in [6.07, 6.45) is 0. The zero-order valence-corrected chi connectivity index (χ0v) is 11.1. The van der Waals surface area contributed by atoms with Crippen LogP contribution in [0.15, 0.2) is 12.1 Å². The SMILES string of the molecule is CCOC(=O)C(C)NC(=O)c1ccc(C)nc1C. The van der Waals surface area contributed by atoms with Gasteiger partial charge in [-0.2, -0.15) is 0 Å². The quantitative estimate of drug-likeness (QED) is 0.820. The van der Waals surface area contributed by atoms with Gasteiger partial charge in [0, 0.05) is 5.69 Å². The van der Waals surface area contributed by atoms with Crippen LogP contribution in [0.5, 0.6) is 0 Å². The van der Waals surface area contributed by atoms with Crippen LogP contribution in [-0.2, 0) is 9.53 Å². The van der Waals surface area contributed by atoms with E-state index in [1.807, 2.05) is 6.92 Å². The number of hydrogen-bond acceptors (Lipinski definition) is 4. The topological polar surface area (TPSA) is 68.3 Å². The predicted octanol–water partition coefficient (Wildman–Crippen LogP) is 1.38. The fraction of sp³-hybridized carbons (Fsp3) is 0.462. The van der Waals surface area contributed by atoms with Gasteiger partial charge in [-0.3, -0.25) is 9.78 Å². The van der Waals surface area contributed by atoms with Crippen molar-refractivity contribution in [3.05, 3.63) is 29.1 Å². The molecular weight excluding hydrogens is 232 g/mol. The number of hydrogen-bond donors (Lipinski definition) is 1. The van der Waals surface area contributed by atoms with Gasteiger partial charge in [0.1, 0.15) is 6.04 Å². The molecule has 1 aromatic rings. The Kier molecular flexibility index (Phi) is 4.83. The van der Waals surface area contributed by atoms with Crippen molar-refractivity contribution in [3.8, 4) is 0 Å². The molecule has 1 heterocycles. The van der Waals surface area contributed by atoms with Crippen molar-refractivity contribution in [2.45, 2.75) is 33.7 Å². The maximum absolute atomic E-state index is 11.9. The van der Waals surface area contributed by atoms with Gasteiger partial charge in [0.25, 0.3) is 5.91 Å². The average Bonchev–Trinajstić information content (AvgIpc) is 2.28. The Hall–Kier alpha value is -1.91. The highest BCUT2D eigenvalue weighted by molar-refractivity contribution is 5.97. The number of ether oxygens (including phenoxy) is 1. The highest BCUT2D eigenvalue weighted by Gasteiger charge is 2.18. The van der Waals surface area contributed by atoms with Crippen LogP contribution in [0.2, 0.25) is 0 Å². The number of esters is 1. The first-order valence-electron chi connectivity index (χ1n) is 5.87. The van der Waals surface area contributed by atoms with Gasteiger partial charge in [0.2, 0.25) is 0 Å². The Bertz CT molecular complexity index is 458. The van der Waals surface area contributed by atoms with Crippen LogP contribution in [0.4, 0.5) is 0 Å². The highest BCUT2D eigenvalue weighted by Crippen LogP contribution is 2.06. The van der Waals surface area contributed by atoms with Crippen molar-refractivity contribution in [3.63, 3.8) is 0 Å². The maximum Gasteiger partial charge on any atom is 0.328 e. The van der Waals surface area contributed by atoms with Crippen LogP contribution in [0, 0.1) is 13.8 Å². The van der Waals surface area contributed by atoms with E-state index >= 15 is 0 Å². The molecular formula is C13H18N2O3. The molecule has 0 radical (unpaired) electrons. The minimum absolute atomic E-state index is 0.296. The molecule has 0 aliphatic heterocycles. The number of aryl methyl sites for hydroxylation is 2. The number of aromatic nitrogens is 1. The van der Waals surface area contributed by atoms with Crippen molar-refractivity contribution in [2.75, 3.05) is 6.61 Å². The summed E-state index contributed by atoms with van der Waals surface area (Å²) in [7, 11) is 0. The number of nitrogens with one attached hydrogen (secondary N) is 1. The lowest BCUT2D eigenvalue weighted by Crippen LogP contribution is -2.39. The molecule has 0 aliphatic carbocycles. The maximum atomic E-state index is 11.9. The van der Waals surface area contributed by atoms with Gasteiger partial charge in [0.15, 0.2) is 0 Å². The molecule has 1 aromatic heterocycles. The van der Waals surface area contributed by atoms with Gasteiger partial charge in [-0.05, 0) is 39.8 Å². The molecule has 0 fully saturated rings. The third-order valence-corrected chi connectivity index (χ3v) is 2.46. The van der Waals surface area contributed by atoms with E-state index in [0.29, 0.717) is 17.9 Å². The van der Waals surface area contributed by atoms with Crippen molar-refractivity contribution in [1.29, 1.82) is 0 Å². The summed E-state index contributed by atoms with van der Waals surface area (Å²) in [5, 5.41) is 2.59. The van der Waals surface area contributed by atoms with Crippen LogP contribution in [0.1, 0.15) is 35.6 Å². The summed E-state index contributed by atoms with van der Waals surface area (Å²) in [6.45, 7) is 7.23. The monoisotopic (exact) mass is 250 g/mol. The Morgan fingerprint density at radius 1 is 1.39 bits per heavy atom. The van der Waals surface area contributed by atoms with E-state index in [0.717, 1.165) is 5.69 Å². The smallest absolute Gasteiger partial charge is 0.328 e. The predicted molar refractivity (Wildman–Crippen MR) is 67.3 cm³/mol. The van der Waals surface area contributed by atoms with Gasteiger partial charge >= 0.3 is 5.97 Å². The number of pyridine rings is 1. The van der Waals surface area contributed by atoms with E-state index in [1.165, 1.54) is 0 Å². The molecule has 1 rings (SSSR count). The molecule has 5 nitrogen and oxygen atoms in total. The molecule has 0 aromatic carbocycles. The fourth-order valence-electron chi connectivity index (χ4n) is 1.53. The van der Waals surface area contributed by atoms with Crippen LogP contribution in [0.3, 0.4) is 0 Å². The first-order valence-corrected chi connectivity index (χ1v) is 5.87. The van der Waals surface area contributed by atoms with E-state index in [2.05, 4.69) is 10.3 Å². The van der Waals surface area contributed by atoms with E-state index < -0.39 is 12.0 Å². The lowest BCUT2D eigenvalue weighted by molar-refractivity contribution is -0.144. The first-order chi connectivity index (χ1) is 8.45. The number of carbonyl (C=O) groups is 2. The average molecular weight is 250 g/mol. The molecule has 1 atom stereocenters. The van der Waals surface area contributed by atoms with Crippen molar-refractivity contribution in [2.24, 2.45) is 0 Å².